The number of rotatable bonds is 3. The Labute approximate surface area is 118 Å². The third-order valence-electron chi connectivity index (χ3n) is 4.06. The highest BCUT2D eigenvalue weighted by Crippen LogP contribution is 2.20. The number of aromatic nitrogens is 1. The second kappa shape index (κ2) is 5.67. The lowest BCUT2D eigenvalue weighted by atomic mass is 9.97. The van der Waals surface area contributed by atoms with Crippen LogP contribution in [0.4, 0.5) is 0 Å². The Balaban J connectivity index is 1.70. The number of carbonyl (C=O) groups is 1. The third kappa shape index (κ3) is 2.56. The highest BCUT2D eigenvalue weighted by atomic mass is 16.5. The van der Waals surface area contributed by atoms with E-state index in [0.29, 0.717) is 5.92 Å². The summed E-state index contributed by atoms with van der Waals surface area (Å²) < 4.78 is 7.19. The Morgan fingerprint density at radius 1 is 1.35 bits per heavy atom. The van der Waals surface area contributed by atoms with Crippen molar-refractivity contribution in [2.24, 2.45) is 5.92 Å². The highest BCUT2D eigenvalue weighted by Gasteiger charge is 2.24. The standard InChI is InChI=1S/C16H20N2O2/c1-20-12-13-5-8-17(9-6-13)16(19)14-10-15-4-2-3-7-18(15)11-14/h2-4,7,10-11,13H,5-6,8-9,12H2,1H3. The fourth-order valence-corrected chi connectivity index (χ4v) is 2.89. The molecule has 0 atom stereocenters. The van der Waals surface area contributed by atoms with E-state index in [4.69, 9.17) is 4.74 Å². The van der Waals surface area contributed by atoms with Crippen LogP contribution in [0.5, 0.6) is 0 Å². The minimum absolute atomic E-state index is 0.143. The maximum Gasteiger partial charge on any atom is 0.255 e. The molecule has 3 rings (SSSR count). The summed E-state index contributed by atoms with van der Waals surface area (Å²) in [5, 5.41) is 0. The molecule has 2 aromatic rings. The van der Waals surface area contributed by atoms with Crippen molar-refractivity contribution in [3.05, 3.63) is 42.2 Å². The van der Waals surface area contributed by atoms with Crippen LogP contribution in [0.3, 0.4) is 0 Å². The van der Waals surface area contributed by atoms with Crippen LogP contribution in [0.15, 0.2) is 36.7 Å². The molecule has 0 bridgehead atoms. The number of nitrogens with zero attached hydrogens (tertiary/aromatic N) is 2. The molecular weight excluding hydrogens is 252 g/mol. The smallest absolute Gasteiger partial charge is 0.255 e. The summed E-state index contributed by atoms with van der Waals surface area (Å²) >= 11 is 0. The maximum absolute atomic E-state index is 12.5. The van der Waals surface area contributed by atoms with Gasteiger partial charge in [0.05, 0.1) is 5.56 Å². The summed E-state index contributed by atoms with van der Waals surface area (Å²) in [5.74, 6) is 0.738. The summed E-state index contributed by atoms with van der Waals surface area (Å²) in [6, 6.07) is 7.93. The zero-order valence-electron chi connectivity index (χ0n) is 11.8. The van der Waals surface area contributed by atoms with Gasteiger partial charge in [-0.3, -0.25) is 4.79 Å². The lowest BCUT2D eigenvalue weighted by molar-refractivity contribution is 0.0613. The Morgan fingerprint density at radius 3 is 2.85 bits per heavy atom. The average Bonchev–Trinajstić information content (AvgIpc) is 2.91. The molecule has 3 heterocycles. The number of methoxy groups -OCH3 is 1. The molecule has 0 unspecified atom stereocenters. The van der Waals surface area contributed by atoms with E-state index < -0.39 is 0 Å². The Bertz CT molecular complexity index is 564. The Morgan fingerprint density at radius 2 is 2.15 bits per heavy atom. The number of fused-ring (bicyclic) bond motifs is 1. The van der Waals surface area contributed by atoms with Gasteiger partial charge in [0.15, 0.2) is 0 Å². The Hall–Kier alpha value is -1.81. The van der Waals surface area contributed by atoms with E-state index in [1.165, 1.54) is 0 Å². The number of carbonyl (C=O) groups excluding carboxylic acids is 1. The van der Waals surface area contributed by atoms with Gasteiger partial charge in [0.25, 0.3) is 5.91 Å². The molecule has 0 aromatic carbocycles. The predicted octanol–water partition coefficient (Wildman–Crippen LogP) is 2.44. The number of ether oxygens (including phenoxy) is 1. The zero-order valence-corrected chi connectivity index (χ0v) is 11.8. The second-order valence-corrected chi connectivity index (χ2v) is 5.45. The van der Waals surface area contributed by atoms with Crippen LogP contribution in [0.2, 0.25) is 0 Å². The summed E-state index contributed by atoms with van der Waals surface area (Å²) in [6.07, 6.45) is 5.95. The average molecular weight is 272 g/mol. The van der Waals surface area contributed by atoms with E-state index in [9.17, 15) is 4.79 Å². The van der Waals surface area contributed by atoms with Crippen molar-refractivity contribution in [2.75, 3.05) is 26.8 Å². The first-order valence-corrected chi connectivity index (χ1v) is 7.13. The van der Waals surface area contributed by atoms with E-state index in [-0.39, 0.29) is 5.91 Å². The molecular formula is C16H20N2O2. The third-order valence-corrected chi connectivity index (χ3v) is 4.06. The molecule has 0 N–H and O–H groups in total. The van der Waals surface area contributed by atoms with Crippen molar-refractivity contribution >= 4 is 11.4 Å². The van der Waals surface area contributed by atoms with Crippen molar-refractivity contribution in [3.8, 4) is 0 Å². The van der Waals surface area contributed by atoms with Gasteiger partial charge in [0.2, 0.25) is 0 Å². The molecule has 0 aliphatic carbocycles. The van der Waals surface area contributed by atoms with Gasteiger partial charge >= 0.3 is 0 Å². The maximum atomic E-state index is 12.5. The number of likely N-dealkylation sites (tertiary alicyclic amines) is 1. The van der Waals surface area contributed by atoms with Gasteiger partial charge < -0.3 is 14.0 Å². The molecule has 1 saturated heterocycles. The molecule has 4 heteroatoms. The zero-order chi connectivity index (χ0) is 13.9. The van der Waals surface area contributed by atoms with Crippen LogP contribution >= 0.6 is 0 Å². The first-order chi connectivity index (χ1) is 9.78. The van der Waals surface area contributed by atoms with Crippen LogP contribution in [0.1, 0.15) is 23.2 Å². The number of hydrogen-bond acceptors (Lipinski definition) is 2. The molecule has 2 aromatic heterocycles. The number of piperidine rings is 1. The summed E-state index contributed by atoms with van der Waals surface area (Å²) in [5.41, 5.74) is 1.84. The summed E-state index contributed by atoms with van der Waals surface area (Å²) in [6.45, 7) is 2.47. The van der Waals surface area contributed by atoms with Crippen molar-refractivity contribution < 1.29 is 9.53 Å². The Kier molecular flexibility index (Phi) is 3.74. The quantitative estimate of drug-likeness (QED) is 0.860. The normalized spacial score (nSPS) is 16.8. The molecule has 0 radical (unpaired) electrons. The van der Waals surface area contributed by atoms with Gasteiger partial charge in [-0.25, -0.2) is 0 Å². The second-order valence-electron chi connectivity index (χ2n) is 5.45. The van der Waals surface area contributed by atoms with Gasteiger partial charge in [0.1, 0.15) is 0 Å². The lowest BCUT2D eigenvalue weighted by Gasteiger charge is -2.31. The molecule has 1 aliphatic heterocycles. The first-order valence-electron chi connectivity index (χ1n) is 7.13. The van der Waals surface area contributed by atoms with Crippen LogP contribution in [0, 0.1) is 5.92 Å². The molecule has 1 amide bonds. The molecule has 106 valence electrons. The predicted molar refractivity (Wildman–Crippen MR) is 77.9 cm³/mol. The van der Waals surface area contributed by atoms with Crippen molar-refractivity contribution in [2.45, 2.75) is 12.8 Å². The van der Waals surface area contributed by atoms with Crippen LogP contribution in [-0.2, 0) is 4.74 Å². The SMILES string of the molecule is COCC1CCN(C(=O)c2cc3ccccn3c2)CC1. The number of pyridine rings is 1. The summed E-state index contributed by atoms with van der Waals surface area (Å²) in [4.78, 5) is 14.5. The van der Waals surface area contributed by atoms with E-state index in [2.05, 4.69) is 0 Å². The van der Waals surface area contributed by atoms with Gasteiger partial charge in [-0.15, -0.1) is 0 Å². The van der Waals surface area contributed by atoms with E-state index in [1.54, 1.807) is 7.11 Å². The van der Waals surface area contributed by atoms with Crippen LogP contribution < -0.4 is 0 Å². The lowest BCUT2D eigenvalue weighted by Crippen LogP contribution is -2.39. The van der Waals surface area contributed by atoms with Crippen LogP contribution in [0.25, 0.3) is 5.52 Å². The van der Waals surface area contributed by atoms with E-state index in [0.717, 1.165) is 43.6 Å². The minimum Gasteiger partial charge on any atom is -0.384 e. The number of hydrogen-bond donors (Lipinski definition) is 0. The van der Waals surface area contributed by atoms with E-state index >= 15 is 0 Å². The molecule has 0 saturated carbocycles. The topological polar surface area (TPSA) is 34.0 Å². The molecule has 1 aliphatic rings. The first kappa shape index (κ1) is 13.2. The van der Waals surface area contributed by atoms with Gasteiger partial charge in [-0.1, -0.05) is 6.07 Å². The van der Waals surface area contributed by atoms with Crippen molar-refractivity contribution in [1.82, 2.24) is 9.30 Å². The molecule has 20 heavy (non-hydrogen) atoms. The fraction of sp³-hybridized carbons (Fsp3) is 0.438. The molecule has 0 spiro atoms. The minimum atomic E-state index is 0.143. The molecule has 4 nitrogen and oxygen atoms in total. The summed E-state index contributed by atoms with van der Waals surface area (Å²) in [7, 11) is 1.74. The van der Waals surface area contributed by atoms with Crippen molar-refractivity contribution in [3.63, 3.8) is 0 Å². The van der Waals surface area contributed by atoms with E-state index in [1.807, 2.05) is 46.0 Å². The van der Waals surface area contributed by atoms with Gasteiger partial charge in [-0.2, -0.15) is 0 Å². The largest absolute Gasteiger partial charge is 0.384 e. The number of amides is 1. The molecule has 1 fully saturated rings. The van der Waals surface area contributed by atoms with Crippen molar-refractivity contribution in [1.29, 1.82) is 0 Å². The highest BCUT2D eigenvalue weighted by molar-refractivity contribution is 5.95. The monoisotopic (exact) mass is 272 g/mol. The van der Waals surface area contributed by atoms with Gasteiger partial charge in [-0.05, 0) is 37.0 Å². The van der Waals surface area contributed by atoms with Crippen LogP contribution in [-0.4, -0.2) is 42.0 Å². The van der Waals surface area contributed by atoms with Gasteiger partial charge in [0, 0.05) is 44.7 Å². The fourth-order valence-electron chi connectivity index (χ4n) is 2.89.